The second-order valence-electron chi connectivity index (χ2n) is 13.2. The Bertz CT molecular complexity index is 1430. The number of halogens is 2. The van der Waals surface area contributed by atoms with E-state index in [0.29, 0.717) is 36.8 Å². The van der Waals surface area contributed by atoms with E-state index in [1.54, 1.807) is 25.1 Å². The van der Waals surface area contributed by atoms with Gasteiger partial charge in [0.2, 0.25) is 11.8 Å². The summed E-state index contributed by atoms with van der Waals surface area (Å²) in [7, 11) is 1.50. The van der Waals surface area contributed by atoms with Gasteiger partial charge in [0.15, 0.2) is 5.69 Å². The third kappa shape index (κ3) is 5.79. The van der Waals surface area contributed by atoms with E-state index >= 15 is 8.78 Å². The van der Waals surface area contributed by atoms with Gasteiger partial charge in [0, 0.05) is 18.4 Å². The quantitative estimate of drug-likeness (QED) is 0.471. The van der Waals surface area contributed by atoms with Gasteiger partial charge in [-0.1, -0.05) is 33.1 Å². The molecule has 1 saturated heterocycles. The Morgan fingerprint density at radius 2 is 1.80 bits per heavy atom. The van der Waals surface area contributed by atoms with Crippen LogP contribution < -0.4 is 14.8 Å². The van der Waals surface area contributed by atoms with E-state index in [2.05, 4.69) is 15.3 Å². The minimum atomic E-state index is -3.34. The predicted octanol–water partition coefficient (Wildman–Crippen LogP) is 5.16. The zero-order valence-corrected chi connectivity index (χ0v) is 25.4. The summed E-state index contributed by atoms with van der Waals surface area (Å²) in [6.07, 6.45) is 3.83. The van der Waals surface area contributed by atoms with E-state index in [4.69, 9.17) is 14.2 Å². The first-order valence-electron chi connectivity index (χ1n) is 15.7. The maximum Gasteiger partial charge on any atom is 0.408 e. The number of carbonyl (C=O) groups excluding carboxylic acids is 3. The average molecular weight is 615 g/mol. The van der Waals surface area contributed by atoms with Gasteiger partial charge in [0.25, 0.3) is 5.92 Å². The van der Waals surface area contributed by atoms with Gasteiger partial charge in [-0.05, 0) is 55.6 Å². The topological polar surface area (TPSA) is 120 Å². The molecular formula is C32H40F2N4O6. The lowest BCUT2D eigenvalue weighted by Crippen LogP contribution is -2.57. The van der Waals surface area contributed by atoms with Crippen molar-refractivity contribution in [1.82, 2.24) is 20.2 Å². The maximum absolute atomic E-state index is 15.9. The van der Waals surface area contributed by atoms with Crippen molar-refractivity contribution in [2.45, 2.75) is 102 Å². The molecule has 12 heteroatoms. The summed E-state index contributed by atoms with van der Waals surface area (Å²) in [5, 5.41) is 2.87. The Kier molecular flexibility index (Phi) is 8.13. The second kappa shape index (κ2) is 11.7. The molecule has 3 heterocycles. The van der Waals surface area contributed by atoms with Gasteiger partial charge >= 0.3 is 6.09 Å². The number of rotatable bonds is 3. The van der Waals surface area contributed by atoms with Gasteiger partial charge in [-0.25, -0.2) is 14.8 Å². The number of alkyl carbamates (subject to hydrolysis) is 1. The molecule has 4 aliphatic rings. The van der Waals surface area contributed by atoms with Crippen molar-refractivity contribution in [1.29, 1.82) is 0 Å². The van der Waals surface area contributed by atoms with Crippen LogP contribution in [0.5, 0.6) is 11.6 Å². The normalized spacial score (nSPS) is 31.9. The number of hydrogen-bond acceptors (Lipinski definition) is 8. The molecule has 1 aromatic heterocycles. The first-order valence-corrected chi connectivity index (χ1v) is 15.7. The number of aldehydes is 1. The molecule has 44 heavy (non-hydrogen) atoms. The lowest BCUT2D eigenvalue weighted by atomic mass is 9.79. The van der Waals surface area contributed by atoms with Gasteiger partial charge < -0.3 is 29.2 Å². The first-order chi connectivity index (χ1) is 21.0. The minimum Gasteiger partial charge on any atom is -0.497 e. The number of methoxy groups -OCH3 is 1. The second-order valence-corrected chi connectivity index (χ2v) is 13.2. The molecule has 6 atom stereocenters. The highest BCUT2D eigenvalue weighted by molar-refractivity contribution is 5.89. The molecule has 2 aromatic rings. The van der Waals surface area contributed by atoms with Crippen LogP contribution in [-0.4, -0.2) is 71.1 Å². The van der Waals surface area contributed by atoms with Crippen LogP contribution in [0, 0.1) is 17.3 Å². The van der Waals surface area contributed by atoms with Crippen molar-refractivity contribution in [3.8, 4) is 11.6 Å². The highest BCUT2D eigenvalue weighted by Crippen LogP contribution is 2.44. The van der Waals surface area contributed by atoms with Crippen LogP contribution in [0.15, 0.2) is 18.2 Å². The largest absolute Gasteiger partial charge is 0.497 e. The molecule has 1 aromatic carbocycles. The molecule has 3 fully saturated rings. The van der Waals surface area contributed by atoms with Crippen molar-refractivity contribution >= 4 is 29.3 Å². The number of aromatic nitrogens is 2. The molecule has 2 aliphatic heterocycles. The molecule has 0 unspecified atom stereocenters. The lowest BCUT2D eigenvalue weighted by Gasteiger charge is -2.36. The Morgan fingerprint density at radius 3 is 2.52 bits per heavy atom. The number of benzene rings is 1. The molecule has 2 bridgehead atoms. The summed E-state index contributed by atoms with van der Waals surface area (Å²) in [6.45, 7) is 3.68. The van der Waals surface area contributed by atoms with Crippen molar-refractivity contribution in [2.75, 3.05) is 13.7 Å². The Hall–Kier alpha value is -3.57. The summed E-state index contributed by atoms with van der Waals surface area (Å²) in [5.74, 6) is -4.03. The fourth-order valence-corrected chi connectivity index (χ4v) is 7.17. The lowest BCUT2D eigenvalue weighted by molar-refractivity contribution is -0.140. The third-order valence-electron chi connectivity index (χ3n) is 10.1. The SMILES string of the molecule is COc1ccc2nc3c(nc2c1)O[C@H]1CN(C(=O)[C@H](C2(C)CCCC2)NC(=O)O[C@@H]2C[C@H]2CCCCC3(F)F)[C@H](C=O)[C@@H]1C. The van der Waals surface area contributed by atoms with Gasteiger partial charge in [-0.15, -0.1) is 0 Å². The molecule has 6 rings (SSSR count). The Labute approximate surface area is 255 Å². The van der Waals surface area contributed by atoms with E-state index in [1.165, 1.54) is 12.0 Å². The third-order valence-corrected chi connectivity index (χ3v) is 10.1. The van der Waals surface area contributed by atoms with E-state index in [0.717, 1.165) is 25.7 Å². The number of carbonyl (C=O) groups is 3. The first kappa shape index (κ1) is 30.5. The van der Waals surface area contributed by atoms with Crippen LogP contribution in [0.1, 0.15) is 77.3 Å². The molecule has 0 radical (unpaired) electrons. The highest BCUT2D eigenvalue weighted by Gasteiger charge is 2.51. The summed E-state index contributed by atoms with van der Waals surface area (Å²) in [4.78, 5) is 49.9. The molecule has 10 nitrogen and oxygen atoms in total. The maximum atomic E-state index is 15.9. The zero-order valence-electron chi connectivity index (χ0n) is 25.4. The van der Waals surface area contributed by atoms with Crippen molar-refractivity contribution < 1.29 is 37.4 Å². The standard InChI is InChI=1S/C32H40F2N4O6/c1-18-23(17-39)38-16-25(18)43-28-26(35-21-10-9-20(42-3)15-22(21)36-28)32(33,34)13-5-4-8-19-14-24(19)44-30(41)37-27(29(38)40)31(2)11-6-7-12-31/h9-10,15,17-19,23-25,27H,4-8,11-14,16H2,1-3H3,(H,37,41)/t18-,19+,23+,24+,25-,27+/m0/s1. The van der Waals surface area contributed by atoms with Gasteiger partial charge in [0.05, 0.1) is 30.7 Å². The highest BCUT2D eigenvalue weighted by atomic mass is 19.3. The van der Waals surface area contributed by atoms with E-state index < -0.39 is 59.6 Å². The molecule has 238 valence electrons. The number of hydrogen-bond donors (Lipinski definition) is 1. The number of nitrogens with one attached hydrogen (secondary N) is 1. The zero-order chi connectivity index (χ0) is 31.2. The van der Waals surface area contributed by atoms with E-state index in [9.17, 15) is 14.4 Å². The summed E-state index contributed by atoms with van der Waals surface area (Å²) < 4.78 is 48.9. The van der Waals surface area contributed by atoms with Crippen LogP contribution in [-0.2, 0) is 20.2 Å². The van der Waals surface area contributed by atoms with Crippen LogP contribution in [0.2, 0.25) is 0 Å². The van der Waals surface area contributed by atoms with Crippen LogP contribution in [0.3, 0.4) is 0 Å². The number of alkyl halides is 2. The number of fused-ring (bicyclic) bond motifs is 5. The number of nitrogens with zero attached hydrogens (tertiary/aromatic N) is 3. The Morgan fingerprint density at radius 1 is 1.05 bits per heavy atom. The van der Waals surface area contributed by atoms with E-state index in [1.807, 2.05) is 6.92 Å². The summed E-state index contributed by atoms with van der Waals surface area (Å²) in [5.41, 5.74) is -0.484. The van der Waals surface area contributed by atoms with Crippen molar-refractivity contribution in [3.05, 3.63) is 23.9 Å². The molecular weight excluding hydrogens is 574 g/mol. The van der Waals surface area contributed by atoms with Gasteiger partial charge in [-0.2, -0.15) is 8.78 Å². The van der Waals surface area contributed by atoms with E-state index in [-0.39, 0.29) is 36.4 Å². The van der Waals surface area contributed by atoms with Crippen LogP contribution in [0.4, 0.5) is 13.6 Å². The predicted molar refractivity (Wildman–Crippen MR) is 155 cm³/mol. The van der Waals surface area contributed by atoms with Gasteiger partial charge in [0.1, 0.15) is 30.3 Å². The van der Waals surface area contributed by atoms with Crippen molar-refractivity contribution in [2.24, 2.45) is 17.3 Å². The smallest absolute Gasteiger partial charge is 0.408 e. The molecule has 2 saturated carbocycles. The number of ether oxygens (including phenoxy) is 3. The van der Waals surface area contributed by atoms with Gasteiger partial charge in [-0.3, -0.25) is 4.79 Å². The Balaban J connectivity index is 1.39. The molecule has 0 spiro atoms. The fourth-order valence-electron chi connectivity index (χ4n) is 7.17. The average Bonchev–Trinajstić information content (AvgIpc) is 3.43. The van der Waals surface area contributed by atoms with Crippen LogP contribution in [0.25, 0.3) is 11.0 Å². The van der Waals surface area contributed by atoms with Crippen LogP contribution >= 0.6 is 0 Å². The molecule has 2 amide bonds. The molecule has 2 aliphatic carbocycles. The summed E-state index contributed by atoms with van der Waals surface area (Å²) >= 11 is 0. The minimum absolute atomic E-state index is 0.0414. The monoisotopic (exact) mass is 614 g/mol. The van der Waals surface area contributed by atoms with Crippen molar-refractivity contribution in [3.63, 3.8) is 0 Å². The fraction of sp³-hybridized carbons (Fsp3) is 0.656. The molecule has 1 N–H and O–H groups in total. The number of amides is 2. The summed E-state index contributed by atoms with van der Waals surface area (Å²) in [6, 6.07) is 3.02.